The highest BCUT2D eigenvalue weighted by molar-refractivity contribution is 9.10. The average molecular weight is 339 g/mol. The second-order valence-electron chi connectivity index (χ2n) is 4.25. The van der Waals surface area contributed by atoms with Gasteiger partial charge in [0.1, 0.15) is 5.82 Å². The van der Waals surface area contributed by atoms with E-state index in [4.69, 9.17) is 5.84 Å². The van der Waals surface area contributed by atoms with Crippen LogP contribution in [0.4, 0.5) is 4.39 Å². The zero-order valence-electron chi connectivity index (χ0n) is 10.2. The highest BCUT2D eigenvalue weighted by atomic mass is 79.9. The van der Waals surface area contributed by atoms with E-state index in [1.807, 2.05) is 0 Å². The Morgan fingerprint density at radius 1 is 1.50 bits per heavy atom. The third-order valence-corrected chi connectivity index (χ3v) is 5.08. The van der Waals surface area contributed by atoms with E-state index in [1.165, 1.54) is 6.07 Å². The molecule has 0 aliphatic carbocycles. The number of hydrogen-bond acceptors (Lipinski definition) is 4. The van der Waals surface area contributed by atoms with Crippen LogP contribution in [0.1, 0.15) is 12.5 Å². The lowest BCUT2D eigenvalue weighted by Gasteiger charge is -2.22. The molecule has 0 fully saturated rings. The number of nitrogens with two attached hydrogens (primary N) is 1. The van der Waals surface area contributed by atoms with Gasteiger partial charge in [-0.3, -0.25) is 11.3 Å². The number of benzene rings is 1. The predicted octanol–water partition coefficient (Wildman–Crippen LogP) is 1.40. The van der Waals surface area contributed by atoms with Gasteiger partial charge in [-0.05, 0) is 37.1 Å². The molecule has 2 atom stereocenters. The Morgan fingerprint density at radius 3 is 2.61 bits per heavy atom. The molecule has 4 nitrogen and oxygen atoms in total. The largest absolute Gasteiger partial charge is 0.271 e. The summed E-state index contributed by atoms with van der Waals surface area (Å²) in [4.78, 5) is 0. The molecule has 1 rings (SSSR count). The summed E-state index contributed by atoms with van der Waals surface area (Å²) < 4.78 is 37.3. The lowest BCUT2D eigenvalue weighted by molar-refractivity contribution is 0.484. The van der Waals surface area contributed by atoms with Gasteiger partial charge in [0.2, 0.25) is 0 Å². The smallest absolute Gasteiger partial charge is 0.151 e. The van der Waals surface area contributed by atoms with Crippen LogP contribution >= 0.6 is 15.9 Å². The number of rotatable bonds is 5. The minimum absolute atomic E-state index is 0.204. The second kappa shape index (κ2) is 6.10. The molecule has 0 spiro atoms. The fraction of sp³-hybridized carbons (Fsp3) is 0.455. The van der Waals surface area contributed by atoms with E-state index in [1.54, 1.807) is 19.1 Å². The molecule has 7 heteroatoms. The van der Waals surface area contributed by atoms with Gasteiger partial charge >= 0.3 is 0 Å². The zero-order chi connectivity index (χ0) is 13.9. The van der Waals surface area contributed by atoms with Gasteiger partial charge in [0, 0.05) is 16.8 Å². The van der Waals surface area contributed by atoms with Crippen LogP contribution in [-0.4, -0.2) is 26.0 Å². The molecule has 0 aromatic heterocycles. The van der Waals surface area contributed by atoms with Crippen molar-refractivity contribution >= 4 is 25.8 Å². The molecule has 0 aliphatic heterocycles. The van der Waals surface area contributed by atoms with E-state index in [0.717, 1.165) is 10.7 Å². The normalized spacial score (nSPS) is 15.4. The van der Waals surface area contributed by atoms with Crippen molar-refractivity contribution in [1.29, 1.82) is 0 Å². The molecule has 1 aromatic rings. The van der Waals surface area contributed by atoms with E-state index in [0.29, 0.717) is 5.56 Å². The van der Waals surface area contributed by atoms with Crippen LogP contribution in [-0.2, 0) is 16.3 Å². The molecule has 0 saturated carbocycles. The number of sulfone groups is 1. The van der Waals surface area contributed by atoms with E-state index >= 15 is 0 Å². The van der Waals surface area contributed by atoms with Crippen molar-refractivity contribution in [2.24, 2.45) is 5.84 Å². The highest BCUT2D eigenvalue weighted by Gasteiger charge is 2.26. The van der Waals surface area contributed by atoms with Crippen molar-refractivity contribution < 1.29 is 12.8 Å². The van der Waals surface area contributed by atoms with Crippen molar-refractivity contribution in [2.75, 3.05) is 6.26 Å². The first-order valence-electron chi connectivity index (χ1n) is 5.34. The molecule has 0 heterocycles. The molecule has 1 aromatic carbocycles. The molecule has 0 saturated heterocycles. The lowest BCUT2D eigenvalue weighted by atomic mass is 10.0. The minimum Gasteiger partial charge on any atom is -0.271 e. The molecule has 0 amide bonds. The molecule has 18 heavy (non-hydrogen) atoms. The zero-order valence-corrected chi connectivity index (χ0v) is 12.6. The van der Waals surface area contributed by atoms with Crippen LogP contribution in [0.2, 0.25) is 0 Å². The van der Waals surface area contributed by atoms with Gasteiger partial charge in [0.15, 0.2) is 9.84 Å². The topological polar surface area (TPSA) is 72.2 Å². The van der Waals surface area contributed by atoms with Crippen molar-refractivity contribution in [3.8, 4) is 0 Å². The van der Waals surface area contributed by atoms with Crippen molar-refractivity contribution in [3.63, 3.8) is 0 Å². The van der Waals surface area contributed by atoms with Crippen LogP contribution < -0.4 is 11.3 Å². The quantitative estimate of drug-likeness (QED) is 0.628. The monoisotopic (exact) mass is 338 g/mol. The van der Waals surface area contributed by atoms with E-state index in [2.05, 4.69) is 21.4 Å². The summed E-state index contributed by atoms with van der Waals surface area (Å²) in [6.07, 6.45) is 1.34. The summed E-state index contributed by atoms with van der Waals surface area (Å²) in [6, 6.07) is 4.00. The maximum atomic E-state index is 13.6. The van der Waals surface area contributed by atoms with Gasteiger partial charge in [-0.15, -0.1) is 0 Å². The number of hydrazine groups is 1. The van der Waals surface area contributed by atoms with Crippen molar-refractivity contribution in [3.05, 3.63) is 34.1 Å². The average Bonchev–Trinajstić information content (AvgIpc) is 2.28. The number of nitrogens with one attached hydrogen (secondary N) is 1. The van der Waals surface area contributed by atoms with E-state index in [-0.39, 0.29) is 12.2 Å². The van der Waals surface area contributed by atoms with Gasteiger partial charge in [-0.2, -0.15) is 0 Å². The first kappa shape index (κ1) is 15.6. The van der Waals surface area contributed by atoms with Gasteiger partial charge < -0.3 is 0 Å². The summed E-state index contributed by atoms with van der Waals surface area (Å²) in [5, 5.41) is -0.694. The fourth-order valence-corrected chi connectivity index (χ4v) is 2.78. The number of halogens is 2. The highest BCUT2D eigenvalue weighted by Crippen LogP contribution is 2.18. The molecule has 102 valence electrons. The fourth-order valence-electron chi connectivity index (χ4n) is 1.60. The SMILES string of the molecule is CC(C(Cc1cc(Br)ccc1F)NN)S(C)(=O)=O. The standard InChI is InChI=1S/C11H16BrFN2O2S/c1-7(18(2,16)17)11(15-14)6-8-5-9(12)3-4-10(8)13/h3-5,7,11,15H,6,14H2,1-2H3. The van der Waals surface area contributed by atoms with Crippen LogP contribution in [0.5, 0.6) is 0 Å². The first-order valence-corrected chi connectivity index (χ1v) is 8.09. The van der Waals surface area contributed by atoms with Crippen molar-refractivity contribution in [1.82, 2.24) is 5.43 Å². The Hall–Kier alpha value is -0.500. The third kappa shape index (κ3) is 4.01. The molecular weight excluding hydrogens is 323 g/mol. The van der Waals surface area contributed by atoms with Crippen LogP contribution in [0, 0.1) is 5.82 Å². The predicted molar refractivity (Wildman–Crippen MR) is 73.2 cm³/mol. The Balaban J connectivity index is 2.96. The van der Waals surface area contributed by atoms with E-state index < -0.39 is 21.1 Å². The molecule has 3 N–H and O–H groups in total. The van der Waals surface area contributed by atoms with Gasteiger partial charge in [-0.25, -0.2) is 12.8 Å². The second-order valence-corrected chi connectivity index (χ2v) is 7.57. The van der Waals surface area contributed by atoms with Crippen molar-refractivity contribution in [2.45, 2.75) is 24.6 Å². The number of hydrogen-bond donors (Lipinski definition) is 2. The first-order chi connectivity index (χ1) is 8.25. The lowest BCUT2D eigenvalue weighted by Crippen LogP contribution is -2.47. The maximum Gasteiger partial charge on any atom is 0.151 e. The Morgan fingerprint density at radius 2 is 2.11 bits per heavy atom. The summed E-state index contributed by atoms with van der Waals surface area (Å²) in [5.41, 5.74) is 2.86. The minimum atomic E-state index is -3.23. The summed E-state index contributed by atoms with van der Waals surface area (Å²) in [5.74, 6) is 4.98. The van der Waals surface area contributed by atoms with Crippen LogP contribution in [0.25, 0.3) is 0 Å². The molecule has 0 aliphatic rings. The van der Waals surface area contributed by atoms with E-state index in [9.17, 15) is 12.8 Å². The summed E-state index contributed by atoms with van der Waals surface area (Å²) in [6.45, 7) is 1.55. The van der Waals surface area contributed by atoms with Gasteiger partial charge in [0.05, 0.1) is 5.25 Å². The molecular formula is C11H16BrFN2O2S. The Labute approximate surface area is 115 Å². The van der Waals surface area contributed by atoms with Crippen LogP contribution in [0.3, 0.4) is 0 Å². The Kier molecular flexibility index (Phi) is 5.27. The molecule has 0 bridgehead atoms. The Bertz CT molecular complexity index is 522. The van der Waals surface area contributed by atoms with Gasteiger partial charge in [0.25, 0.3) is 0 Å². The maximum absolute atomic E-state index is 13.6. The summed E-state index contributed by atoms with van der Waals surface area (Å²) in [7, 11) is -3.23. The molecule has 0 radical (unpaired) electrons. The molecule has 2 unspecified atom stereocenters. The van der Waals surface area contributed by atoms with Gasteiger partial charge in [-0.1, -0.05) is 15.9 Å². The third-order valence-electron chi connectivity index (χ3n) is 2.90. The van der Waals surface area contributed by atoms with Crippen LogP contribution in [0.15, 0.2) is 22.7 Å². The summed E-state index contributed by atoms with van der Waals surface area (Å²) >= 11 is 3.25.